The lowest BCUT2D eigenvalue weighted by Gasteiger charge is -2.39. The molecule has 3 aromatic rings. The van der Waals surface area contributed by atoms with Gasteiger partial charge in [-0.3, -0.25) is 0 Å². The summed E-state index contributed by atoms with van der Waals surface area (Å²) in [5.41, 5.74) is 0.300. The molecule has 1 aliphatic rings. The number of methoxy groups -OCH3 is 2. The Morgan fingerprint density at radius 3 is 2.64 bits per heavy atom. The molecule has 4 rings (SSSR count). The third-order valence-electron chi connectivity index (χ3n) is 7.72. The number of allylic oxidation sites excluding steroid dienone is 1. The van der Waals surface area contributed by atoms with Crippen molar-refractivity contribution < 1.29 is 41.5 Å². The van der Waals surface area contributed by atoms with Gasteiger partial charge in [-0.05, 0) is 38.3 Å². The highest BCUT2D eigenvalue weighted by Gasteiger charge is 2.43. The summed E-state index contributed by atoms with van der Waals surface area (Å²) < 4.78 is 58.6. The van der Waals surface area contributed by atoms with Crippen LogP contribution in [0.3, 0.4) is 0 Å². The van der Waals surface area contributed by atoms with Gasteiger partial charge >= 0.3 is 23.2 Å². The van der Waals surface area contributed by atoms with Crippen LogP contribution in [0, 0.1) is 6.92 Å². The molecule has 0 N–H and O–H groups in total. The molecule has 0 saturated carbocycles. The lowest BCUT2D eigenvalue weighted by Crippen LogP contribution is -2.56. The third-order valence-corrected chi connectivity index (χ3v) is 8.74. The second-order valence-electron chi connectivity index (χ2n) is 10.6. The number of hydrogen-bond acceptors (Lipinski definition) is 8. The van der Waals surface area contributed by atoms with Crippen molar-refractivity contribution in [2.24, 2.45) is 7.05 Å². The monoisotopic (exact) mass is 636 g/mol. The zero-order chi connectivity index (χ0) is 32.2. The molecule has 1 aromatic carbocycles. The first-order valence-corrected chi connectivity index (χ1v) is 15.1. The molecule has 10 nitrogen and oxygen atoms in total. The van der Waals surface area contributed by atoms with Gasteiger partial charge in [-0.1, -0.05) is 17.4 Å². The van der Waals surface area contributed by atoms with Gasteiger partial charge in [0, 0.05) is 38.5 Å². The molecule has 1 aliphatic heterocycles. The number of alkyl halides is 3. The molecule has 0 bridgehead atoms. The number of thiazole rings is 1. The number of hydrogen-bond donors (Lipinski definition) is 0. The topological polar surface area (TPSA) is 98.0 Å². The summed E-state index contributed by atoms with van der Waals surface area (Å²) in [7, 11) is 5.80. The molecule has 3 heterocycles. The number of unbranched alkanes of at least 4 members (excludes halogenated alkanes) is 2. The molecule has 0 radical (unpaired) electrons. The molecule has 1 saturated heterocycles. The summed E-state index contributed by atoms with van der Waals surface area (Å²) in [4.78, 5) is 38.5. The predicted molar refractivity (Wildman–Crippen MR) is 159 cm³/mol. The Bertz CT molecular complexity index is 1530. The van der Waals surface area contributed by atoms with Gasteiger partial charge in [0.1, 0.15) is 24.9 Å². The minimum absolute atomic E-state index is 0.0575. The minimum Gasteiger partial charge on any atom is -0.496 e. The van der Waals surface area contributed by atoms with E-state index in [0.717, 1.165) is 40.5 Å². The number of rotatable bonds is 10. The second-order valence-corrected chi connectivity index (χ2v) is 11.5. The van der Waals surface area contributed by atoms with Gasteiger partial charge in [0.15, 0.2) is 0 Å². The highest BCUT2D eigenvalue weighted by Crippen LogP contribution is 2.36. The molecular formula is C30H37F3N5O5S+. The third kappa shape index (κ3) is 6.90. The Morgan fingerprint density at radius 2 is 2.00 bits per heavy atom. The number of piperidine rings is 1. The van der Waals surface area contributed by atoms with Crippen LogP contribution >= 0.6 is 11.3 Å². The van der Waals surface area contributed by atoms with Gasteiger partial charge in [-0.2, -0.15) is 22.7 Å². The van der Waals surface area contributed by atoms with E-state index < -0.39 is 30.0 Å². The van der Waals surface area contributed by atoms with Crippen molar-refractivity contribution in [3.8, 4) is 22.5 Å². The van der Waals surface area contributed by atoms with E-state index in [1.165, 1.54) is 26.2 Å². The van der Waals surface area contributed by atoms with E-state index in [-0.39, 0.29) is 35.7 Å². The Balaban J connectivity index is 1.66. The number of carbonyl (C=O) groups excluding carboxylic acids is 2. The molecule has 2 amide bonds. The Hall–Kier alpha value is -3.94. The predicted octanol–water partition coefficient (Wildman–Crippen LogP) is 5.31. The van der Waals surface area contributed by atoms with E-state index in [1.54, 1.807) is 31.0 Å². The van der Waals surface area contributed by atoms with Gasteiger partial charge in [0.05, 0.1) is 30.5 Å². The fourth-order valence-corrected chi connectivity index (χ4v) is 6.24. The van der Waals surface area contributed by atoms with Crippen LogP contribution in [0.25, 0.3) is 21.7 Å². The molecule has 238 valence electrons. The van der Waals surface area contributed by atoms with Crippen LogP contribution < -0.4 is 14.0 Å². The summed E-state index contributed by atoms with van der Waals surface area (Å²) in [5, 5.41) is 1.75. The van der Waals surface area contributed by atoms with Crippen LogP contribution in [0.15, 0.2) is 30.2 Å². The van der Waals surface area contributed by atoms with E-state index >= 15 is 0 Å². The average Bonchev–Trinajstić information content (AvgIpc) is 3.40. The van der Waals surface area contributed by atoms with Gasteiger partial charge in [-0.25, -0.2) is 14.6 Å². The highest BCUT2D eigenvalue weighted by molar-refractivity contribution is 7.12. The van der Waals surface area contributed by atoms with Gasteiger partial charge < -0.3 is 24.0 Å². The van der Waals surface area contributed by atoms with Gasteiger partial charge in [-0.15, -0.1) is 6.58 Å². The quantitative estimate of drug-likeness (QED) is 0.129. The van der Waals surface area contributed by atoms with Crippen molar-refractivity contribution in [3.05, 3.63) is 41.4 Å². The number of aromatic nitrogens is 3. The van der Waals surface area contributed by atoms with Crippen molar-refractivity contribution in [1.29, 1.82) is 0 Å². The molecular weight excluding hydrogens is 599 g/mol. The van der Waals surface area contributed by atoms with Gasteiger partial charge in [0.2, 0.25) is 11.7 Å². The zero-order valence-electron chi connectivity index (χ0n) is 25.4. The second kappa shape index (κ2) is 13.8. The number of ether oxygens (including phenoxy) is 3. The van der Waals surface area contributed by atoms with Crippen LogP contribution in [0.5, 0.6) is 11.6 Å². The van der Waals surface area contributed by atoms with Crippen LogP contribution in [0.1, 0.15) is 43.4 Å². The Kier molecular flexibility index (Phi) is 10.3. The fourth-order valence-electron chi connectivity index (χ4n) is 5.27. The maximum absolute atomic E-state index is 13.6. The van der Waals surface area contributed by atoms with Crippen molar-refractivity contribution in [3.63, 3.8) is 0 Å². The van der Waals surface area contributed by atoms with Crippen LogP contribution in [-0.2, 0) is 22.8 Å². The number of esters is 1. The Labute approximate surface area is 258 Å². The number of nitrogens with zero attached hydrogens (tertiary/aromatic N) is 5. The largest absolute Gasteiger partial charge is 0.496 e. The number of carbonyl (C=O) groups is 2. The summed E-state index contributed by atoms with van der Waals surface area (Å²) in [5.74, 6) is 0.198. The van der Waals surface area contributed by atoms with Crippen molar-refractivity contribution in [2.45, 2.75) is 57.3 Å². The molecule has 1 fully saturated rings. The van der Waals surface area contributed by atoms with Crippen LogP contribution in [-0.4, -0.2) is 78.3 Å². The number of amides is 2. The zero-order valence-corrected chi connectivity index (χ0v) is 26.3. The lowest BCUT2D eigenvalue weighted by atomic mass is 9.99. The molecule has 0 aliphatic carbocycles. The number of urea groups is 1. The number of likely N-dealkylation sites (tertiary alicyclic amines) is 1. The number of halogens is 3. The van der Waals surface area contributed by atoms with Crippen molar-refractivity contribution in [2.75, 3.05) is 34.4 Å². The maximum atomic E-state index is 13.6. The van der Waals surface area contributed by atoms with Gasteiger partial charge in [0.25, 0.3) is 5.69 Å². The minimum atomic E-state index is -4.55. The van der Waals surface area contributed by atoms with E-state index in [0.29, 0.717) is 35.2 Å². The SMILES string of the molecule is C=CCCCCN(C)C(=O)N1CCC(Oc2nc(-c3scc(C(F)(F)F)[n+]3C)nc3c(C)c(OC)ccc23)CC1C(=O)OC. The Morgan fingerprint density at radius 1 is 1.25 bits per heavy atom. The first-order chi connectivity index (χ1) is 20.9. The van der Waals surface area contributed by atoms with E-state index in [9.17, 15) is 22.8 Å². The average molecular weight is 637 g/mol. The first-order valence-electron chi connectivity index (χ1n) is 14.2. The van der Waals surface area contributed by atoms with Crippen LogP contribution in [0.4, 0.5) is 18.0 Å². The van der Waals surface area contributed by atoms with E-state index in [4.69, 9.17) is 14.2 Å². The first kappa shape index (κ1) is 33.0. The summed E-state index contributed by atoms with van der Waals surface area (Å²) >= 11 is 0.873. The molecule has 0 spiro atoms. The molecule has 2 aromatic heterocycles. The maximum Gasteiger partial charge on any atom is 0.478 e. The van der Waals surface area contributed by atoms with E-state index in [1.807, 2.05) is 6.08 Å². The van der Waals surface area contributed by atoms with Crippen molar-refractivity contribution >= 4 is 34.2 Å². The standard InChI is InChI=1S/C30H37F3N5O5S/c1-7-8-9-10-14-36(3)29(40)38-15-13-19(16-21(38)28(39)42-6)43-26-20-11-12-22(41-5)18(2)24(20)34-25(35-26)27-37(4)23(17-44-27)30(31,32)33/h7,11-12,17,19,21H,1,8-10,13-16H2,2-6H3/q+1. The summed E-state index contributed by atoms with van der Waals surface area (Å²) in [6.45, 7) is 6.28. The van der Waals surface area contributed by atoms with Crippen LogP contribution in [0.2, 0.25) is 0 Å². The fraction of sp³-hybridized carbons (Fsp3) is 0.500. The highest BCUT2D eigenvalue weighted by atomic mass is 32.1. The molecule has 2 atom stereocenters. The number of fused-ring (bicyclic) bond motifs is 1. The molecule has 44 heavy (non-hydrogen) atoms. The summed E-state index contributed by atoms with van der Waals surface area (Å²) in [6.07, 6.45) is -0.162. The number of aryl methyl sites for hydroxylation is 1. The molecule has 14 heteroatoms. The smallest absolute Gasteiger partial charge is 0.478 e. The summed E-state index contributed by atoms with van der Waals surface area (Å²) in [6, 6.07) is 2.30. The van der Waals surface area contributed by atoms with E-state index in [2.05, 4.69) is 16.5 Å². The number of benzene rings is 1. The normalized spacial score (nSPS) is 17.0. The lowest BCUT2D eigenvalue weighted by molar-refractivity contribution is -0.676. The molecule has 2 unspecified atom stereocenters. The van der Waals surface area contributed by atoms with Crippen molar-refractivity contribution in [1.82, 2.24) is 19.8 Å².